The molecule has 0 fully saturated rings. The number of rotatable bonds is 4. The molecule has 0 radical (unpaired) electrons. The van der Waals surface area contributed by atoms with Crippen LogP contribution in [-0.2, 0) is 4.74 Å². The molecule has 0 aromatic heterocycles. The molecule has 0 saturated carbocycles. The molecule has 30 heavy (non-hydrogen) atoms. The predicted octanol–water partition coefficient (Wildman–Crippen LogP) is 5.33. The molecule has 3 aromatic carbocycles. The van der Waals surface area contributed by atoms with Gasteiger partial charge >= 0.3 is 6.09 Å². The van der Waals surface area contributed by atoms with Crippen molar-refractivity contribution in [1.82, 2.24) is 5.32 Å². The van der Waals surface area contributed by atoms with Gasteiger partial charge in [0.25, 0.3) is 0 Å². The summed E-state index contributed by atoms with van der Waals surface area (Å²) in [6, 6.07) is 21.1. The zero-order valence-electron chi connectivity index (χ0n) is 16.2. The number of phenols is 1. The minimum atomic E-state index is -0.464. The third kappa shape index (κ3) is 4.27. The maximum absolute atomic E-state index is 12.1. The van der Waals surface area contributed by atoms with Crippen molar-refractivity contribution in [3.63, 3.8) is 0 Å². The highest BCUT2D eigenvalue weighted by Crippen LogP contribution is 2.44. The minimum Gasteiger partial charge on any atom is -0.508 e. The normalized spacial score (nSPS) is 11.8. The van der Waals surface area contributed by atoms with Gasteiger partial charge in [0, 0.05) is 24.4 Å². The first-order chi connectivity index (χ1) is 14.6. The van der Waals surface area contributed by atoms with Crippen LogP contribution in [0.4, 0.5) is 4.79 Å². The fourth-order valence-corrected chi connectivity index (χ4v) is 3.81. The lowest BCUT2D eigenvalue weighted by molar-refractivity contribution is 0.143. The highest BCUT2D eigenvalue weighted by Gasteiger charge is 2.28. The Balaban J connectivity index is 1.30. The van der Waals surface area contributed by atoms with Gasteiger partial charge in [-0.05, 0) is 40.5 Å². The van der Waals surface area contributed by atoms with E-state index in [-0.39, 0.29) is 18.3 Å². The van der Waals surface area contributed by atoms with Crippen LogP contribution in [0.2, 0.25) is 5.02 Å². The van der Waals surface area contributed by atoms with E-state index >= 15 is 0 Å². The number of alkyl carbamates (subject to hydrolysis) is 1. The monoisotopic (exact) mass is 417 g/mol. The van der Waals surface area contributed by atoms with Crippen LogP contribution in [0.5, 0.6) is 5.75 Å². The van der Waals surface area contributed by atoms with Crippen molar-refractivity contribution in [3.05, 3.63) is 88.4 Å². The van der Waals surface area contributed by atoms with E-state index in [2.05, 4.69) is 41.4 Å². The number of ether oxygens (including phenoxy) is 1. The number of benzene rings is 3. The van der Waals surface area contributed by atoms with E-state index in [4.69, 9.17) is 16.3 Å². The minimum absolute atomic E-state index is 0.0378. The van der Waals surface area contributed by atoms with Crippen LogP contribution in [-0.4, -0.2) is 24.4 Å². The molecule has 0 atom stereocenters. The Morgan fingerprint density at radius 3 is 2.40 bits per heavy atom. The summed E-state index contributed by atoms with van der Waals surface area (Å²) < 4.78 is 5.49. The zero-order valence-corrected chi connectivity index (χ0v) is 16.9. The standard InChI is InChI=1S/C25H20ClNO3/c26-24-13-12-18(28)15-17(24)7-5-6-14-27-25(29)30-16-23-21-10-3-1-8-19(21)20-9-2-4-11-22(20)23/h1-4,8-13,15,23,28H,6,14,16H2,(H,27,29). The second kappa shape index (κ2) is 8.94. The van der Waals surface area contributed by atoms with E-state index in [1.807, 2.05) is 24.3 Å². The molecule has 5 heteroatoms. The quantitative estimate of drug-likeness (QED) is 0.445. The van der Waals surface area contributed by atoms with Gasteiger partial charge in [-0.15, -0.1) is 0 Å². The smallest absolute Gasteiger partial charge is 0.407 e. The van der Waals surface area contributed by atoms with Crippen molar-refractivity contribution in [1.29, 1.82) is 0 Å². The van der Waals surface area contributed by atoms with Crippen LogP contribution in [0, 0.1) is 11.8 Å². The number of hydrogen-bond acceptors (Lipinski definition) is 3. The Morgan fingerprint density at radius 1 is 1.03 bits per heavy atom. The molecule has 150 valence electrons. The summed E-state index contributed by atoms with van der Waals surface area (Å²) in [5.74, 6) is 5.97. The van der Waals surface area contributed by atoms with E-state index in [9.17, 15) is 9.90 Å². The van der Waals surface area contributed by atoms with E-state index in [0.717, 1.165) is 0 Å². The topological polar surface area (TPSA) is 58.6 Å². The second-order valence-electron chi connectivity index (χ2n) is 6.97. The van der Waals surface area contributed by atoms with Gasteiger partial charge in [-0.25, -0.2) is 4.79 Å². The Hall–Kier alpha value is -3.42. The molecule has 1 amide bonds. The number of carbonyl (C=O) groups excluding carboxylic acids is 1. The van der Waals surface area contributed by atoms with Gasteiger partial charge in [0.1, 0.15) is 12.4 Å². The Kier molecular flexibility index (Phi) is 5.92. The largest absolute Gasteiger partial charge is 0.508 e. The van der Waals surface area contributed by atoms with Gasteiger partial charge < -0.3 is 15.2 Å². The van der Waals surface area contributed by atoms with Crippen LogP contribution in [0.25, 0.3) is 11.1 Å². The summed E-state index contributed by atoms with van der Waals surface area (Å²) in [4.78, 5) is 12.1. The number of fused-ring (bicyclic) bond motifs is 3. The third-order valence-electron chi connectivity index (χ3n) is 5.04. The number of carbonyl (C=O) groups is 1. The molecule has 1 aliphatic carbocycles. The molecule has 4 rings (SSSR count). The summed E-state index contributed by atoms with van der Waals surface area (Å²) >= 11 is 6.03. The Bertz CT molecular complexity index is 1100. The molecule has 0 unspecified atom stereocenters. The molecule has 1 aliphatic rings. The lowest BCUT2D eigenvalue weighted by Crippen LogP contribution is -2.26. The van der Waals surface area contributed by atoms with Gasteiger partial charge in [-0.3, -0.25) is 0 Å². The van der Waals surface area contributed by atoms with Gasteiger partial charge in [0.15, 0.2) is 0 Å². The Morgan fingerprint density at radius 2 is 1.70 bits per heavy atom. The van der Waals surface area contributed by atoms with Crippen LogP contribution >= 0.6 is 11.6 Å². The average molecular weight is 418 g/mol. The SMILES string of the molecule is O=C(NCCC#Cc1cc(O)ccc1Cl)OCC1c2ccccc2-c2ccccc21. The fraction of sp³-hybridized carbons (Fsp3) is 0.160. The van der Waals surface area contributed by atoms with Crippen LogP contribution < -0.4 is 5.32 Å². The molecule has 0 bridgehead atoms. The van der Waals surface area contributed by atoms with Gasteiger partial charge in [-0.2, -0.15) is 0 Å². The number of amides is 1. The van der Waals surface area contributed by atoms with E-state index in [1.165, 1.54) is 34.4 Å². The summed E-state index contributed by atoms with van der Waals surface area (Å²) in [6.07, 6.45) is -0.0232. The number of aromatic hydroxyl groups is 1. The molecule has 0 saturated heterocycles. The molecular weight excluding hydrogens is 398 g/mol. The third-order valence-corrected chi connectivity index (χ3v) is 5.37. The maximum Gasteiger partial charge on any atom is 0.407 e. The number of phenolic OH excluding ortho intramolecular Hbond substituents is 1. The maximum atomic E-state index is 12.1. The summed E-state index contributed by atoms with van der Waals surface area (Å²) in [5.41, 5.74) is 5.31. The van der Waals surface area contributed by atoms with Crippen molar-refractivity contribution in [2.45, 2.75) is 12.3 Å². The van der Waals surface area contributed by atoms with Crippen LogP contribution in [0.1, 0.15) is 29.0 Å². The van der Waals surface area contributed by atoms with Gasteiger partial charge in [-0.1, -0.05) is 72.0 Å². The predicted molar refractivity (Wildman–Crippen MR) is 118 cm³/mol. The van der Waals surface area contributed by atoms with Crippen molar-refractivity contribution >= 4 is 17.7 Å². The highest BCUT2D eigenvalue weighted by atomic mass is 35.5. The van der Waals surface area contributed by atoms with Crippen molar-refractivity contribution in [2.75, 3.05) is 13.2 Å². The van der Waals surface area contributed by atoms with Crippen molar-refractivity contribution in [3.8, 4) is 28.7 Å². The summed E-state index contributed by atoms with van der Waals surface area (Å²) in [5, 5.41) is 12.7. The van der Waals surface area contributed by atoms with E-state index < -0.39 is 6.09 Å². The molecular formula is C25H20ClNO3. The van der Waals surface area contributed by atoms with Crippen molar-refractivity contribution in [2.24, 2.45) is 0 Å². The number of nitrogens with one attached hydrogen (secondary N) is 1. The summed E-state index contributed by atoms with van der Waals surface area (Å²) in [6.45, 7) is 0.643. The molecule has 4 nitrogen and oxygen atoms in total. The van der Waals surface area contributed by atoms with Gasteiger partial charge in [0.2, 0.25) is 0 Å². The highest BCUT2D eigenvalue weighted by molar-refractivity contribution is 6.31. The van der Waals surface area contributed by atoms with Gasteiger partial charge in [0.05, 0.1) is 5.02 Å². The first-order valence-electron chi connectivity index (χ1n) is 9.69. The van der Waals surface area contributed by atoms with E-state index in [0.29, 0.717) is 23.6 Å². The number of hydrogen-bond donors (Lipinski definition) is 2. The van der Waals surface area contributed by atoms with Crippen molar-refractivity contribution < 1.29 is 14.6 Å². The summed E-state index contributed by atoms with van der Waals surface area (Å²) in [7, 11) is 0. The second-order valence-corrected chi connectivity index (χ2v) is 7.38. The average Bonchev–Trinajstić information content (AvgIpc) is 3.08. The molecule has 0 heterocycles. The molecule has 3 aromatic rings. The first-order valence-corrected chi connectivity index (χ1v) is 10.1. The zero-order chi connectivity index (χ0) is 20.9. The number of halogens is 1. The van der Waals surface area contributed by atoms with E-state index in [1.54, 1.807) is 6.07 Å². The Labute approximate surface area is 180 Å². The molecule has 2 N–H and O–H groups in total. The molecule has 0 aliphatic heterocycles. The lowest BCUT2D eigenvalue weighted by atomic mass is 9.98. The van der Waals surface area contributed by atoms with Crippen LogP contribution in [0.15, 0.2) is 66.7 Å². The molecule has 0 spiro atoms. The lowest BCUT2D eigenvalue weighted by Gasteiger charge is -2.14. The first kappa shape index (κ1) is 19.9. The fourth-order valence-electron chi connectivity index (χ4n) is 3.64. The van der Waals surface area contributed by atoms with Crippen LogP contribution in [0.3, 0.4) is 0 Å².